The Bertz CT molecular complexity index is 1590. The lowest BCUT2D eigenvalue weighted by Crippen LogP contribution is -2.43. The molecule has 1 aromatic heterocycles. The van der Waals surface area contributed by atoms with Crippen molar-refractivity contribution < 1.29 is 18.0 Å². The zero-order chi connectivity index (χ0) is 26.2. The zero-order valence-electron chi connectivity index (χ0n) is 19.3. The van der Waals surface area contributed by atoms with E-state index in [1.165, 1.54) is 29.7 Å². The third-order valence-electron chi connectivity index (χ3n) is 5.90. The molecule has 1 heterocycles. The van der Waals surface area contributed by atoms with E-state index in [2.05, 4.69) is 5.32 Å². The van der Waals surface area contributed by atoms with Gasteiger partial charge in [-0.15, -0.1) is 0 Å². The molecule has 4 aromatic rings. The number of carbonyl (C=O) groups is 1. The van der Waals surface area contributed by atoms with Gasteiger partial charge in [0.2, 0.25) is 5.91 Å². The number of carbonyl (C=O) groups excluding carboxylic acids is 1. The molecule has 0 saturated heterocycles. The maximum atomic E-state index is 13.6. The largest absolute Gasteiger partial charge is 0.416 e. The molecule has 3 aromatic carbocycles. The molecule has 0 radical (unpaired) electrons. The van der Waals surface area contributed by atoms with E-state index in [0.29, 0.717) is 5.02 Å². The molecule has 36 heavy (non-hydrogen) atoms. The number of halogens is 4. The van der Waals surface area contributed by atoms with Gasteiger partial charge in [-0.05, 0) is 61.4 Å². The molecular weight excluding hydrogens is 495 g/mol. The van der Waals surface area contributed by atoms with Gasteiger partial charge in [0.05, 0.1) is 22.2 Å². The van der Waals surface area contributed by atoms with Crippen molar-refractivity contribution in [3.05, 3.63) is 109 Å². The van der Waals surface area contributed by atoms with Crippen molar-refractivity contribution in [1.29, 1.82) is 0 Å². The number of aryl methyl sites for hydroxylation is 1. The van der Waals surface area contributed by atoms with Crippen LogP contribution >= 0.6 is 11.6 Å². The first-order valence-electron chi connectivity index (χ1n) is 11.0. The Labute approximate surface area is 208 Å². The third kappa shape index (κ3) is 4.79. The van der Waals surface area contributed by atoms with Gasteiger partial charge in [-0.1, -0.05) is 41.9 Å². The van der Waals surface area contributed by atoms with Crippen molar-refractivity contribution in [1.82, 2.24) is 14.5 Å². The Morgan fingerprint density at radius 3 is 2.44 bits per heavy atom. The minimum absolute atomic E-state index is 0.174. The molecule has 0 aliphatic rings. The van der Waals surface area contributed by atoms with Gasteiger partial charge in [0.15, 0.2) is 0 Å². The lowest BCUT2D eigenvalue weighted by atomic mass is 10.1. The molecular formula is C26H21ClF3N3O3. The number of hydrogen-bond donors (Lipinski definition) is 1. The summed E-state index contributed by atoms with van der Waals surface area (Å²) in [6.45, 7) is 3.09. The molecule has 0 bridgehead atoms. The molecule has 0 unspecified atom stereocenters. The van der Waals surface area contributed by atoms with Crippen molar-refractivity contribution in [2.75, 3.05) is 0 Å². The van der Waals surface area contributed by atoms with E-state index in [4.69, 9.17) is 11.6 Å². The minimum atomic E-state index is -4.51. The number of hydrogen-bond acceptors (Lipinski definition) is 3. The summed E-state index contributed by atoms with van der Waals surface area (Å²) in [5.74, 6) is -0.605. The summed E-state index contributed by atoms with van der Waals surface area (Å²) in [6, 6.07) is 14.7. The van der Waals surface area contributed by atoms with E-state index < -0.39 is 34.9 Å². The predicted molar refractivity (Wildman–Crippen MR) is 132 cm³/mol. The number of nitrogens with one attached hydrogen (secondary N) is 1. The Morgan fingerprint density at radius 1 is 1.03 bits per heavy atom. The standard InChI is InChI=1S/C26H21ClF3N3O3/c1-15-10-11-19(13-21(15)27)33-24(35)20-8-3-4-9-22(20)32(25(33)36)16(2)23(34)31-14-17-6-5-7-18(12-17)26(28,29)30/h3-13,16H,14H2,1-2H3,(H,31,34)/t16-/m1/s1. The fourth-order valence-corrected chi connectivity index (χ4v) is 4.09. The lowest BCUT2D eigenvalue weighted by Gasteiger charge is -2.20. The smallest absolute Gasteiger partial charge is 0.350 e. The van der Waals surface area contributed by atoms with Crippen LogP contribution < -0.4 is 16.6 Å². The van der Waals surface area contributed by atoms with Crippen LogP contribution in [-0.2, 0) is 17.5 Å². The van der Waals surface area contributed by atoms with Crippen LogP contribution in [0.4, 0.5) is 13.2 Å². The molecule has 0 fully saturated rings. The van der Waals surface area contributed by atoms with E-state index in [9.17, 15) is 27.6 Å². The average molecular weight is 516 g/mol. The average Bonchev–Trinajstić information content (AvgIpc) is 2.84. The first-order valence-corrected chi connectivity index (χ1v) is 11.3. The number of para-hydroxylation sites is 1. The van der Waals surface area contributed by atoms with Crippen molar-refractivity contribution in [3.8, 4) is 5.69 Å². The quantitative estimate of drug-likeness (QED) is 0.406. The maximum absolute atomic E-state index is 13.6. The second-order valence-corrected chi connectivity index (χ2v) is 8.74. The van der Waals surface area contributed by atoms with Crippen LogP contribution in [0.5, 0.6) is 0 Å². The summed E-state index contributed by atoms with van der Waals surface area (Å²) in [4.78, 5) is 39.8. The first-order chi connectivity index (χ1) is 17.0. The van der Waals surface area contributed by atoms with Gasteiger partial charge in [0, 0.05) is 11.6 Å². The third-order valence-corrected chi connectivity index (χ3v) is 6.30. The van der Waals surface area contributed by atoms with Gasteiger partial charge < -0.3 is 5.32 Å². The van der Waals surface area contributed by atoms with Gasteiger partial charge in [0.25, 0.3) is 5.56 Å². The highest BCUT2D eigenvalue weighted by Crippen LogP contribution is 2.29. The van der Waals surface area contributed by atoms with Crippen molar-refractivity contribution >= 4 is 28.4 Å². The summed E-state index contributed by atoms with van der Waals surface area (Å²) >= 11 is 6.22. The van der Waals surface area contributed by atoms with Gasteiger partial charge in [0.1, 0.15) is 6.04 Å². The lowest BCUT2D eigenvalue weighted by molar-refractivity contribution is -0.137. The molecule has 10 heteroatoms. The van der Waals surface area contributed by atoms with Crippen LogP contribution in [0.25, 0.3) is 16.6 Å². The highest BCUT2D eigenvalue weighted by Gasteiger charge is 2.30. The van der Waals surface area contributed by atoms with Crippen molar-refractivity contribution in [2.24, 2.45) is 0 Å². The first kappa shape index (κ1) is 25.2. The highest BCUT2D eigenvalue weighted by atomic mass is 35.5. The van der Waals surface area contributed by atoms with E-state index >= 15 is 0 Å². The number of nitrogens with zero attached hydrogens (tertiary/aromatic N) is 2. The summed E-state index contributed by atoms with van der Waals surface area (Å²) in [6.07, 6.45) is -4.51. The fourth-order valence-electron chi connectivity index (χ4n) is 3.92. The second kappa shape index (κ2) is 9.66. The van der Waals surface area contributed by atoms with Crippen LogP contribution in [-0.4, -0.2) is 15.0 Å². The highest BCUT2D eigenvalue weighted by molar-refractivity contribution is 6.31. The number of fused-ring (bicyclic) bond motifs is 1. The van der Waals surface area contributed by atoms with E-state index in [1.807, 2.05) is 0 Å². The van der Waals surface area contributed by atoms with E-state index in [1.54, 1.807) is 43.3 Å². The molecule has 0 aliphatic carbocycles. The molecule has 1 N–H and O–H groups in total. The van der Waals surface area contributed by atoms with Crippen LogP contribution in [0.1, 0.15) is 29.7 Å². The van der Waals surface area contributed by atoms with Gasteiger partial charge in [-0.2, -0.15) is 13.2 Å². The fraction of sp³-hybridized carbons (Fsp3) is 0.192. The molecule has 4 rings (SSSR count). The Kier molecular flexibility index (Phi) is 6.77. The van der Waals surface area contributed by atoms with Crippen molar-refractivity contribution in [2.45, 2.75) is 32.6 Å². The van der Waals surface area contributed by atoms with E-state index in [0.717, 1.165) is 22.3 Å². The monoisotopic (exact) mass is 515 g/mol. The summed E-state index contributed by atoms with van der Waals surface area (Å²) in [5.41, 5.74) is -0.629. The predicted octanol–water partition coefficient (Wildman–Crippen LogP) is 5.01. The molecule has 186 valence electrons. The second-order valence-electron chi connectivity index (χ2n) is 8.34. The minimum Gasteiger partial charge on any atom is -0.350 e. The Morgan fingerprint density at radius 2 is 1.75 bits per heavy atom. The Balaban J connectivity index is 1.74. The number of rotatable bonds is 5. The Hall–Kier alpha value is -3.85. The summed E-state index contributed by atoms with van der Waals surface area (Å²) < 4.78 is 41.1. The van der Waals surface area contributed by atoms with E-state index in [-0.39, 0.29) is 28.7 Å². The van der Waals surface area contributed by atoms with Crippen LogP contribution in [0, 0.1) is 6.92 Å². The topological polar surface area (TPSA) is 73.1 Å². The molecule has 0 spiro atoms. The van der Waals surface area contributed by atoms with Gasteiger partial charge >= 0.3 is 11.9 Å². The molecule has 6 nitrogen and oxygen atoms in total. The van der Waals surface area contributed by atoms with Gasteiger partial charge in [-0.25, -0.2) is 9.36 Å². The van der Waals surface area contributed by atoms with Crippen LogP contribution in [0.15, 0.2) is 76.3 Å². The number of amides is 1. The van der Waals surface area contributed by atoms with Crippen LogP contribution in [0.2, 0.25) is 5.02 Å². The van der Waals surface area contributed by atoms with Crippen molar-refractivity contribution in [3.63, 3.8) is 0 Å². The van der Waals surface area contributed by atoms with Crippen LogP contribution in [0.3, 0.4) is 0 Å². The zero-order valence-corrected chi connectivity index (χ0v) is 20.0. The number of alkyl halides is 3. The summed E-state index contributed by atoms with van der Waals surface area (Å²) in [5, 5.41) is 3.16. The maximum Gasteiger partial charge on any atom is 0.416 e. The summed E-state index contributed by atoms with van der Waals surface area (Å²) in [7, 11) is 0. The number of benzene rings is 3. The molecule has 1 atom stereocenters. The SMILES string of the molecule is Cc1ccc(-n2c(=O)c3ccccc3n([C@H](C)C(=O)NCc3cccc(C(F)(F)F)c3)c2=O)cc1Cl. The normalized spacial score (nSPS) is 12.5. The van der Waals surface area contributed by atoms with Gasteiger partial charge in [-0.3, -0.25) is 14.2 Å². The number of aromatic nitrogens is 2. The molecule has 0 saturated carbocycles. The molecule has 1 amide bonds. The molecule has 0 aliphatic heterocycles.